The van der Waals surface area contributed by atoms with Crippen molar-refractivity contribution in [2.75, 3.05) is 25.7 Å². The first-order valence-corrected chi connectivity index (χ1v) is 12.8. The molecule has 0 unspecified atom stereocenters. The van der Waals surface area contributed by atoms with Gasteiger partial charge in [-0.2, -0.15) is 16.8 Å². The highest BCUT2D eigenvalue weighted by Crippen LogP contribution is 2.44. The van der Waals surface area contributed by atoms with Crippen LogP contribution in [0.5, 0.6) is 0 Å². The Labute approximate surface area is 176 Å². The lowest BCUT2D eigenvalue weighted by Gasteiger charge is -2.35. The van der Waals surface area contributed by atoms with Crippen molar-refractivity contribution in [3.8, 4) is 0 Å². The fourth-order valence-corrected chi connectivity index (χ4v) is 4.17. The second-order valence-electron chi connectivity index (χ2n) is 7.80. The Morgan fingerprint density at radius 3 is 2.00 bits per heavy atom. The highest BCUT2D eigenvalue weighted by Gasteiger charge is 2.63. The summed E-state index contributed by atoms with van der Waals surface area (Å²) in [5.74, 6) is -0.967. The summed E-state index contributed by atoms with van der Waals surface area (Å²) in [6.45, 7) is 2.46. The van der Waals surface area contributed by atoms with Crippen LogP contribution in [0.4, 0.5) is 0 Å². The van der Waals surface area contributed by atoms with Crippen molar-refractivity contribution in [3.63, 3.8) is 0 Å². The van der Waals surface area contributed by atoms with Crippen molar-refractivity contribution in [1.82, 2.24) is 0 Å². The van der Waals surface area contributed by atoms with Crippen molar-refractivity contribution in [2.45, 2.75) is 50.3 Å². The van der Waals surface area contributed by atoms with E-state index in [1.807, 2.05) is 30.3 Å². The molecule has 30 heavy (non-hydrogen) atoms. The molecule has 2 aliphatic heterocycles. The zero-order valence-corrected chi connectivity index (χ0v) is 18.8. The summed E-state index contributed by atoms with van der Waals surface area (Å²) in [6, 6.07) is 9.25. The van der Waals surface area contributed by atoms with Crippen molar-refractivity contribution < 1.29 is 44.1 Å². The van der Waals surface area contributed by atoms with Crippen LogP contribution in [0.3, 0.4) is 0 Å². The van der Waals surface area contributed by atoms with Crippen molar-refractivity contribution >= 4 is 20.2 Å². The molecule has 0 spiro atoms. The molecule has 0 bridgehead atoms. The highest BCUT2D eigenvalue weighted by atomic mass is 32.2. The van der Waals surface area contributed by atoms with Crippen LogP contribution in [0.25, 0.3) is 0 Å². The number of ether oxygens (including phenoxy) is 4. The van der Waals surface area contributed by atoms with Crippen LogP contribution in [-0.2, 0) is 54.2 Å². The fraction of sp³-hybridized carbons (Fsp3) is 0.667. The molecule has 0 radical (unpaired) electrons. The minimum Gasteiger partial charge on any atom is -0.367 e. The van der Waals surface area contributed by atoms with Gasteiger partial charge in [0.1, 0.15) is 31.0 Å². The summed E-state index contributed by atoms with van der Waals surface area (Å²) >= 11 is 0. The standard InChI is InChI=1S/C18H26O10S2/c1-17(2)26-14-15(23-10-13-8-6-5-7-9-13)18(28-16(14)27-17,11-24-29(3,19)20)12-25-30(4,21)22/h5-9,14-16H,10-12H2,1-4H3/t14-,15-,16+/m1/s1. The molecular formula is C18H26O10S2. The second kappa shape index (κ2) is 8.43. The normalized spacial score (nSPS) is 27.8. The average molecular weight is 467 g/mol. The zero-order valence-electron chi connectivity index (χ0n) is 17.1. The van der Waals surface area contributed by atoms with E-state index in [2.05, 4.69) is 0 Å². The molecule has 10 nitrogen and oxygen atoms in total. The van der Waals surface area contributed by atoms with E-state index in [0.29, 0.717) is 0 Å². The predicted octanol–water partition coefficient (Wildman–Crippen LogP) is 0.771. The molecule has 3 atom stereocenters. The topological polar surface area (TPSA) is 124 Å². The summed E-state index contributed by atoms with van der Waals surface area (Å²) in [5, 5.41) is 0. The Morgan fingerprint density at radius 2 is 1.47 bits per heavy atom. The molecular weight excluding hydrogens is 440 g/mol. The smallest absolute Gasteiger partial charge is 0.264 e. The molecule has 1 aromatic carbocycles. The quantitative estimate of drug-likeness (QED) is 0.482. The lowest BCUT2D eigenvalue weighted by Crippen LogP contribution is -2.53. The molecule has 0 N–H and O–H groups in total. The molecule has 170 valence electrons. The summed E-state index contributed by atoms with van der Waals surface area (Å²) in [6.07, 6.45) is -0.858. The van der Waals surface area contributed by atoms with Crippen molar-refractivity contribution in [1.29, 1.82) is 0 Å². The molecule has 2 aliphatic rings. The van der Waals surface area contributed by atoms with E-state index < -0.39 is 63.3 Å². The first-order valence-electron chi connectivity index (χ1n) is 9.16. The Bertz CT molecular complexity index is 906. The SMILES string of the molecule is CC1(C)O[C@H]2OC(COS(C)(=O)=O)(COS(C)(=O)=O)[C@H](OCc3ccccc3)[C@H]2O1. The van der Waals surface area contributed by atoms with E-state index in [1.54, 1.807) is 13.8 Å². The van der Waals surface area contributed by atoms with Gasteiger partial charge in [-0.1, -0.05) is 30.3 Å². The fourth-order valence-electron chi connectivity index (χ4n) is 3.35. The van der Waals surface area contributed by atoms with Crippen LogP contribution in [0.15, 0.2) is 30.3 Å². The Balaban J connectivity index is 1.90. The van der Waals surface area contributed by atoms with Crippen LogP contribution in [-0.4, -0.2) is 72.4 Å². The third-order valence-electron chi connectivity index (χ3n) is 4.56. The van der Waals surface area contributed by atoms with E-state index in [1.165, 1.54) is 0 Å². The van der Waals surface area contributed by atoms with Gasteiger partial charge < -0.3 is 18.9 Å². The van der Waals surface area contributed by atoms with E-state index in [4.69, 9.17) is 27.3 Å². The number of fused-ring (bicyclic) bond motifs is 1. The van der Waals surface area contributed by atoms with Crippen LogP contribution >= 0.6 is 0 Å². The minimum atomic E-state index is -3.86. The van der Waals surface area contributed by atoms with E-state index in [-0.39, 0.29) is 6.61 Å². The van der Waals surface area contributed by atoms with Gasteiger partial charge in [0.2, 0.25) is 0 Å². The van der Waals surface area contributed by atoms with Gasteiger partial charge in [-0.05, 0) is 19.4 Å². The second-order valence-corrected chi connectivity index (χ2v) is 11.1. The Hall–Kier alpha value is -1.12. The van der Waals surface area contributed by atoms with Crippen LogP contribution in [0.2, 0.25) is 0 Å². The molecule has 2 heterocycles. The molecule has 0 aromatic heterocycles. The lowest BCUT2D eigenvalue weighted by molar-refractivity contribution is -0.254. The van der Waals surface area contributed by atoms with Crippen LogP contribution in [0, 0.1) is 0 Å². The van der Waals surface area contributed by atoms with Crippen LogP contribution < -0.4 is 0 Å². The van der Waals surface area contributed by atoms with Gasteiger partial charge in [-0.15, -0.1) is 0 Å². The summed E-state index contributed by atoms with van der Waals surface area (Å²) in [4.78, 5) is 0. The molecule has 0 amide bonds. The number of rotatable bonds is 9. The maximum absolute atomic E-state index is 11.6. The lowest BCUT2D eigenvalue weighted by atomic mass is 9.97. The van der Waals surface area contributed by atoms with E-state index in [9.17, 15) is 16.8 Å². The summed E-state index contributed by atoms with van der Waals surface area (Å²) in [5.41, 5.74) is -0.756. The van der Waals surface area contributed by atoms with Crippen molar-refractivity contribution in [3.05, 3.63) is 35.9 Å². The number of benzene rings is 1. The molecule has 0 saturated carbocycles. The molecule has 3 rings (SSSR count). The highest BCUT2D eigenvalue weighted by molar-refractivity contribution is 7.86. The van der Waals surface area contributed by atoms with Gasteiger partial charge in [-0.3, -0.25) is 8.37 Å². The third-order valence-corrected chi connectivity index (χ3v) is 5.65. The van der Waals surface area contributed by atoms with Gasteiger partial charge in [-0.25, -0.2) is 0 Å². The first kappa shape index (κ1) is 23.5. The molecule has 0 aliphatic carbocycles. The first-order chi connectivity index (χ1) is 13.8. The Morgan fingerprint density at radius 1 is 0.900 bits per heavy atom. The maximum atomic E-state index is 11.6. The zero-order chi connectivity index (χ0) is 22.2. The van der Waals surface area contributed by atoms with Gasteiger partial charge in [0, 0.05) is 0 Å². The predicted molar refractivity (Wildman–Crippen MR) is 104 cm³/mol. The monoisotopic (exact) mass is 466 g/mol. The van der Waals surface area contributed by atoms with Gasteiger partial charge in [0.05, 0.1) is 19.1 Å². The average Bonchev–Trinajstić information content (AvgIpc) is 3.05. The summed E-state index contributed by atoms with van der Waals surface area (Å²) in [7, 11) is -7.73. The molecule has 12 heteroatoms. The minimum absolute atomic E-state index is 0.140. The molecule has 2 saturated heterocycles. The number of hydrogen-bond acceptors (Lipinski definition) is 10. The van der Waals surface area contributed by atoms with Gasteiger partial charge in [0.15, 0.2) is 12.1 Å². The number of hydrogen-bond donors (Lipinski definition) is 0. The largest absolute Gasteiger partial charge is 0.367 e. The molecule has 2 fully saturated rings. The third kappa shape index (κ3) is 5.98. The van der Waals surface area contributed by atoms with E-state index in [0.717, 1.165) is 18.1 Å². The van der Waals surface area contributed by atoms with Crippen molar-refractivity contribution in [2.24, 2.45) is 0 Å². The maximum Gasteiger partial charge on any atom is 0.264 e. The Kier molecular flexibility index (Phi) is 6.62. The van der Waals surface area contributed by atoms with Gasteiger partial charge >= 0.3 is 0 Å². The van der Waals surface area contributed by atoms with Crippen LogP contribution in [0.1, 0.15) is 19.4 Å². The van der Waals surface area contributed by atoms with E-state index >= 15 is 0 Å². The summed E-state index contributed by atoms with van der Waals surface area (Å²) < 4.78 is 80.1. The van der Waals surface area contributed by atoms with Gasteiger partial charge in [0.25, 0.3) is 20.2 Å². The molecule has 1 aromatic rings.